The number of nitrogens with zero attached hydrogens (tertiary/aromatic N) is 2. The van der Waals surface area contributed by atoms with Gasteiger partial charge in [0.25, 0.3) is 5.91 Å². The van der Waals surface area contributed by atoms with E-state index in [1.807, 2.05) is 30.3 Å². The molecule has 0 unspecified atom stereocenters. The number of hydrogen-bond acceptors (Lipinski definition) is 4. The van der Waals surface area contributed by atoms with Crippen LogP contribution >= 0.6 is 0 Å². The number of aromatic nitrogens is 1. The molecular formula is C19H24N4O. The first-order valence-electron chi connectivity index (χ1n) is 8.50. The largest absolute Gasteiger partial charge is 0.397 e. The van der Waals surface area contributed by atoms with E-state index in [4.69, 9.17) is 5.73 Å². The van der Waals surface area contributed by atoms with Gasteiger partial charge in [-0.2, -0.15) is 0 Å². The summed E-state index contributed by atoms with van der Waals surface area (Å²) in [5, 5.41) is 3.06. The normalized spacial score (nSPS) is 17.8. The highest BCUT2D eigenvalue weighted by Crippen LogP contribution is 2.21. The fourth-order valence-electron chi connectivity index (χ4n) is 3.28. The van der Waals surface area contributed by atoms with Crippen molar-refractivity contribution in [2.24, 2.45) is 0 Å². The molecule has 0 spiro atoms. The number of rotatable bonds is 5. The molecule has 2 heterocycles. The molecule has 1 fully saturated rings. The van der Waals surface area contributed by atoms with Crippen molar-refractivity contribution in [2.75, 3.05) is 25.4 Å². The van der Waals surface area contributed by atoms with Crippen molar-refractivity contribution >= 4 is 11.6 Å². The molecule has 1 atom stereocenters. The monoisotopic (exact) mass is 324 g/mol. The van der Waals surface area contributed by atoms with Gasteiger partial charge in [0.2, 0.25) is 0 Å². The summed E-state index contributed by atoms with van der Waals surface area (Å²) in [7, 11) is 0. The topological polar surface area (TPSA) is 71.2 Å². The number of likely N-dealkylation sites (N-methyl/N-ethyl adjacent to an activating group) is 1. The summed E-state index contributed by atoms with van der Waals surface area (Å²) in [6.45, 7) is 5.07. The van der Waals surface area contributed by atoms with Gasteiger partial charge in [0.05, 0.1) is 5.69 Å². The van der Waals surface area contributed by atoms with Gasteiger partial charge in [0, 0.05) is 36.1 Å². The van der Waals surface area contributed by atoms with Crippen LogP contribution in [-0.2, 0) is 0 Å². The average molecular weight is 324 g/mol. The van der Waals surface area contributed by atoms with E-state index in [0.29, 0.717) is 23.8 Å². The summed E-state index contributed by atoms with van der Waals surface area (Å²) >= 11 is 0. The first-order chi connectivity index (χ1) is 11.7. The zero-order valence-electron chi connectivity index (χ0n) is 14.0. The fourth-order valence-corrected chi connectivity index (χ4v) is 3.28. The number of pyridine rings is 1. The number of nitrogens with two attached hydrogens (primary N) is 1. The highest BCUT2D eigenvalue weighted by Gasteiger charge is 2.23. The molecule has 3 N–H and O–H groups in total. The zero-order chi connectivity index (χ0) is 16.9. The molecule has 1 aromatic carbocycles. The minimum absolute atomic E-state index is 0.0183. The maximum absolute atomic E-state index is 12.3. The van der Waals surface area contributed by atoms with Crippen LogP contribution in [0.4, 0.5) is 5.69 Å². The van der Waals surface area contributed by atoms with Crippen LogP contribution < -0.4 is 11.1 Å². The zero-order valence-corrected chi connectivity index (χ0v) is 14.0. The van der Waals surface area contributed by atoms with Gasteiger partial charge in [-0.15, -0.1) is 0 Å². The van der Waals surface area contributed by atoms with Gasteiger partial charge in [0.15, 0.2) is 0 Å². The molecule has 1 aliphatic heterocycles. The molecule has 126 valence electrons. The van der Waals surface area contributed by atoms with Gasteiger partial charge < -0.3 is 11.1 Å². The van der Waals surface area contributed by atoms with E-state index in [9.17, 15) is 4.79 Å². The Morgan fingerprint density at radius 2 is 2.08 bits per heavy atom. The lowest BCUT2D eigenvalue weighted by Crippen LogP contribution is -2.40. The summed E-state index contributed by atoms with van der Waals surface area (Å²) in [6, 6.07) is 9.90. The molecule has 2 aromatic rings. The standard InChI is InChI=1S/C19H24N4O/c1-2-23-9-3-4-18(23)13-22-19(24)15-7-5-14(6-8-15)16-10-17(20)12-21-11-16/h5-8,10-12,18H,2-4,9,13,20H2,1H3,(H,22,24)/t18-/m1/s1. The number of likely N-dealkylation sites (tertiary alicyclic amines) is 1. The predicted octanol–water partition coefficient (Wildman–Crippen LogP) is 2.54. The Hall–Kier alpha value is -2.40. The molecule has 1 amide bonds. The van der Waals surface area contributed by atoms with Gasteiger partial charge in [-0.05, 0) is 49.7 Å². The fraction of sp³-hybridized carbons (Fsp3) is 0.368. The summed E-state index contributed by atoms with van der Waals surface area (Å²) in [4.78, 5) is 18.9. The number of nitrogen functional groups attached to an aromatic ring is 1. The lowest BCUT2D eigenvalue weighted by molar-refractivity contribution is 0.0941. The van der Waals surface area contributed by atoms with Crippen LogP contribution in [0.2, 0.25) is 0 Å². The Labute approximate surface area is 142 Å². The number of hydrogen-bond donors (Lipinski definition) is 2. The molecule has 0 radical (unpaired) electrons. The Morgan fingerprint density at radius 1 is 1.29 bits per heavy atom. The number of carbonyl (C=O) groups is 1. The second kappa shape index (κ2) is 7.45. The summed E-state index contributed by atoms with van der Waals surface area (Å²) < 4.78 is 0. The number of anilines is 1. The van der Waals surface area contributed by atoms with E-state index in [2.05, 4.69) is 22.1 Å². The van der Waals surface area contributed by atoms with Crippen molar-refractivity contribution in [3.8, 4) is 11.1 Å². The Morgan fingerprint density at radius 3 is 2.79 bits per heavy atom. The van der Waals surface area contributed by atoms with Crippen molar-refractivity contribution in [3.63, 3.8) is 0 Å². The second-order valence-corrected chi connectivity index (χ2v) is 6.22. The molecule has 1 aromatic heterocycles. The highest BCUT2D eigenvalue weighted by molar-refractivity contribution is 5.94. The summed E-state index contributed by atoms with van der Waals surface area (Å²) in [6.07, 6.45) is 5.77. The SMILES string of the molecule is CCN1CCC[C@@H]1CNC(=O)c1ccc(-c2cncc(N)c2)cc1. The number of benzene rings is 1. The third kappa shape index (κ3) is 3.74. The maximum atomic E-state index is 12.3. The lowest BCUT2D eigenvalue weighted by Gasteiger charge is -2.22. The average Bonchev–Trinajstić information content (AvgIpc) is 3.07. The van der Waals surface area contributed by atoms with E-state index in [-0.39, 0.29) is 5.91 Å². The number of nitrogens with one attached hydrogen (secondary N) is 1. The van der Waals surface area contributed by atoms with Crippen molar-refractivity contribution in [1.29, 1.82) is 0 Å². The molecule has 1 saturated heterocycles. The van der Waals surface area contributed by atoms with E-state index in [0.717, 1.165) is 30.6 Å². The van der Waals surface area contributed by atoms with Crippen molar-refractivity contribution in [1.82, 2.24) is 15.2 Å². The van der Waals surface area contributed by atoms with Gasteiger partial charge in [0.1, 0.15) is 0 Å². The third-order valence-electron chi connectivity index (χ3n) is 4.64. The second-order valence-electron chi connectivity index (χ2n) is 6.22. The first kappa shape index (κ1) is 16.5. The number of carbonyl (C=O) groups excluding carboxylic acids is 1. The predicted molar refractivity (Wildman–Crippen MR) is 96.7 cm³/mol. The van der Waals surface area contributed by atoms with E-state index in [1.165, 1.54) is 6.42 Å². The van der Waals surface area contributed by atoms with Crippen molar-refractivity contribution in [3.05, 3.63) is 48.3 Å². The molecule has 0 bridgehead atoms. The summed E-state index contributed by atoms with van der Waals surface area (Å²) in [5.41, 5.74) is 9.02. The van der Waals surface area contributed by atoms with Crippen LogP contribution in [-0.4, -0.2) is 41.5 Å². The van der Waals surface area contributed by atoms with E-state index >= 15 is 0 Å². The third-order valence-corrected chi connectivity index (χ3v) is 4.64. The molecule has 5 heteroatoms. The van der Waals surface area contributed by atoms with Gasteiger partial charge in [-0.3, -0.25) is 14.7 Å². The lowest BCUT2D eigenvalue weighted by atomic mass is 10.0. The first-order valence-corrected chi connectivity index (χ1v) is 8.50. The summed E-state index contributed by atoms with van der Waals surface area (Å²) in [5.74, 6) is -0.0183. The van der Waals surface area contributed by atoms with Crippen molar-refractivity contribution in [2.45, 2.75) is 25.8 Å². The van der Waals surface area contributed by atoms with Crippen LogP contribution in [0, 0.1) is 0 Å². The van der Waals surface area contributed by atoms with Crippen LogP contribution in [0.15, 0.2) is 42.7 Å². The van der Waals surface area contributed by atoms with Gasteiger partial charge >= 0.3 is 0 Å². The van der Waals surface area contributed by atoms with Crippen LogP contribution in [0.25, 0.3) is 11.1 Å². The molecule has 1 aliphatic rings. The van der Waals surface area contributed by atoms with Gasteiger partial charge in [-0.1, -0.05) is 19.1 Å². The Kier molecular flexibility index (Phi) is 5.11. The Balaban J connectivity index is 1.62. The Bertz CT molecular complexity index is 699. The quantitative estimate of drug-likeness (QED) is 0.886. The van der Waals surface area contributed by atoms with E-state index < -0.39 is 0 Å². The van der Waals surface area contributed by atoms with Crippen molar-refractivity contribution < 1.29 is 4.79 Å². The molecule has 3 rings (SSSR count). The molecular weight excluding hydrogens is 300 g/mol. The van der Waals surface area contributed by atoms with Crippen LogP contribution in [0.1, 0.15) is 30.1 Å². The minimum Gasteiger partial charge on any atom is -0.397 e. The highest BCUT2D eigenvalue weighted by atomic mass is 16.1. The van der Waals surface area contributed by atoms with Crippen LogP contribution in [0.5, 0.6) is 0 Å². The molecule has 5 nitrogen and oxygen atoms in total. The van der Waals surface area contributed by atoms with Crippen LogP contribution in [0.3, 0.4) is 0 Å². The van der Waals surface area contributed by atoms with E-state index in [1.54, 1.807) is 12.4 Å². The minimum atomic E-state index is -0.0183. The van der Waals surface area contributed by atoms with Gasteiger partial charge in [-0.25, -0.2) is 0 Å². The smallest absolute Gasteiger partial charge is 0.251 e. The maximum Gasteiger partial charge on any atom is 0.251 e. The number of amides is 1. The molecule has 0 aliphatic carbocycles. The molecule has 24 heavy (non-hydrogen) atoms. The molecule has 0 saturated carbocycles.